The molecule has 0 saturated carbocycles. The number of aliphatic hydroxyl groups is 2. The highest BCUT2D eigenvalue weighted by atomic mass is 16.8. The third kappa shape index (κ3) is 5.03. The van der Waals surface area contributed by atoms with Crippen molar-refractivity contribution < 1.29 is 19.7 Å². The highest BCUT2D eigenvalue weighted by Gasteiger charge is 2.47. The minimum absolute atomic E-state index is 0.423. The van der Waals surface area contributed by atoms with Crippen molar-refractivity contribution in [3.63, 3.8) is 0 Å². The average Bonchev–Trinajstić information content (AvgIpc) is 2.69. The summed E-state index contributed by atoms with van der Waals surface area (Å²) >= 11 is 0. The number of unbranched alkanes of at least 4 members (excludes halogenated alkanes) is 2. The standard InChI is InChI=1S/C15H30O4/c1-5-7-9-11(16)13-14(12(17)10-8-6-2)19-15(3,4)18-13/h11-14,16-17H,5-10H2,1-4H3/t11-,12-,13-,14-/m1/s1. The van der Waals surface area contributed by atoms with Crippen molar-refractivity contribution in [2.45, 2.75) is 96.4 Å². The van der Waals surface area contributed by atoms with Crippen LogP contribution in [0.25, 0.3) is 0 Å². The van der Waals surface area contributed by atoms with Crippen molar-refractivity contribution in [3.05, 3.63) is 0 Å². The van der Waals surface area contributed by atoms with Gasteiger partial charge in [0.1, 0.15) is 12.2 Å². The lowest BCUT2D eigenvalue weighted by atomic mass is 9.96. The summed E-state index contributed by atoms with van der Waals surface area (Å²) in [5.74, 6) is -0.726. The van der Waals surface area contributed by atoms with E-state index < -0.39 is 30.2 Å². The van der Waals surface area contributed by atoms with Crippen LogP contribution < -0.4 is 0 Å². The lowest BCUT2D eigenvalue weighted by Gasteiger charge is -2.25. The zero-order valence-corrected chi connectivity index (χ0v) is 12.8. The Morgan fingerprint density at radius 2 is 1.26 bits per heavy atom. The largest absolute Gasteiger partial charge is 0.390 e. The first-order valence-corrected chi connectivity index (χ1v) is 7.63. The minimum atomic E-state index is -0.726. The molecule has 0 aromatic carbocycles. The van der Waals surface area contributed by atoms with Crippen molar-refractivity contribution in [2.24, 2.45) is 0 Å². The molecule has 1 rings (SSSR count). The summed E-state index contributed by atoms with van der Waals surface area (Å²) in [6.45, 7) is 7.85. The molecule has 1 saturated heterocycles. The normalized spacial score (nSPS) is 29.4. The predicted octanol–water partition coefficient (Wildman–Crippen LogP) is 2.61. The van der Waals surface area contributed by atoms with Gasteiger partial charge in [-0.05, 0) is 26.7 Å². The van der Waals surface area contributed by atoms with E-state index in [1.54, 1.807) is 0 Å². The molecule has 1 aliphatic rings. The molecule has 0 aliphatic carbocycles. The van der Waals surface area contributed by atoms with Crippen LogP contribution in [0.5, 0.6) is 0 Å². The molecule has 0 aromatic heterocycles. The van der Waals surface area contributed by atoms with E-state index in [1.807, 2.05) is 13.8 Å². The first-order valence-electron chi connectivity index (χ1n) is 7.63. The van der Waals surface area contributed by atoms with E-state index in [9.17, 15) is 10.2 Å². The highest BCUT2D eigenvalue weighted by Crippen LogP contribution is 2.34. The zero-order valence-electron chi connectivity index (χ0n) is 12.8. The lowest BCUT2D eigenvalue weighted by Crippen LogP contribution is -2.42. The maximum atomic E-state index is 10.2. The highest BCUT2D eigenvalue weighted by molar-refractivity contribution is 4.90. The number of aliphatic hydroxyl groups excluding tert-OH is 2. The van der Waals surface area contributed by atoms with Crippen LogP contribution in [0.4, 0.5) is 0 Å². The molecule has 19 heavy (non-hydrogen) atoms. The Balaban J connectivity index is 2.63. The molecule has 1 fully saturated rings. The lowest BCUT2D eigenvalue weighted by molar-refractivity contribution is -0.161. The van der Waals surface area contributed by atoms with Gasteiger partial charge in [-0.3, -0.25) is 0 Å². The van der Waals surface area contributed by atoms with E-state index in [2.05, 4.69) is 13.8 Å². The molecule has 0 spiro atoms. The van der Waals surface area contributed by atoms with Crippen LogP contribution in [-0.4, -0.2) is 40.4 Å². The molecule has 4 atom stereocenters. The monoisotopic (exact) mass is 274 g/mol. The van der Waals surface area contributed by atoms with Crippen LogP contribution in [0, 0.1) is 0 Å². The summed E-state index contributed by atoms with van der Waals surface area (Å²) in [7, 11) is 0. The number of hydrogen-bond acceptors (Lipinski definition) is 4. The van der Waals surface area contributed by atoms with Gasteiger partial charge in [0.05, 0.1) is 12.2 Å². The average molecular weight is 274 g/mol. The zero-order chi connectivity index (χ0) is 14.5. The van der Waals surface area contributed by atoms with Gasteiger partial charge in [0.25, 0.3) is 0 Å². The predicted molar refractivity (Wildman–Crippen MR) is 74.9 cm³/mol. The van der Waals surface area contributed by atoms with Gasteiger partial charge < -0.3 is 19.7 Å². The maximum absolute atomic E-state index is 10.2. The van der Waals surface area contributed by atoms with Gasteiger partial charge in [-0.25, -0.2) is 0 Å². The van der Waals surface area contributed by atoms with E-state index in [-0.39, 0.29) is 0 Å². The topological polar surface area (TPSA) is 58.9 Å². The van der Waals surface area contributed by atoms with E-state index in [1.165, 1.54) is 0 Å². The first kappa shape index (κ1) is 16.9. The Morgan fingerprint density at radius 3 is 1.58 bits per heavy atom. The molecule has 0 unspecified atom stereocenters. The molecular formula is C15H30O4. The Morgan fingerprint density at radius 1 is 0.895 bits per heavy atom. The SMILES string of the molecule is CCCC[C@@H](O)[C@H]1OC(C)(C)O[C@@H]1[C@H](O)CCCC. The summed E-state index contributed by atoms with van der Waals surface area (Å²) in [5.41, 5.74) is 0. The van der Waals surface area contributed by atoms with Crippen LogP contribution in [-0.2, 0) is 9.47 Å². The summed E-state index contributed by atoms with van der Waals surface area (Å²) in [6.07, 6.45) is 3.40. The fourth-order valence-electron chi connectivity index (χ4n) is 2.57. The van der Waals surface area contributed by atoms with Crippen LogP contribution in [0.15, 0.2) is 0 Å². The van der Waals surface area contributed by atoms with Gasteiger partial charge in [-0.2, -0.15) is 0 Å². The second-order valence-corrected chi connectivity index (χ2v) is 5.98. The van der Waals surface area contributed by atoms with Crippen LogP contribution >= 0.6 is 0 Å². The van der Waals surface area contributed by atoms with E-state index in [4.69, 9.17) is 9.47 Å². The summed E-state index contributed by atoms with van der Waals surface area (Å²) in [6, 6.07) is 0. The second kappa shape index (κ2) is 7.58. The van der Waals surface area contributed by atoms with Crippen LogP contribution in [0.2, 0.25) is 0 Å². The van der Waals surface area contributed by atoms with Crippen molar-refractivity contribution in [2.75, 3.05) is 0 Å². The maximum Gasteiger partial charge on any atom is 0.164 e. The Hall–Kier alpha value is -0.160. The summed E-state index contributed by atoms with van der Waals surface area (Å²) in [5, 5.41) is 20.5. The minimum Gasteiger partial charge on any atom is -0.390 e. The molecule has 4 heteroatoms. The molecule has 0 aromatic rings. The van der Waals surface area contributed by atoms with Gasteiger partial charge in [-0.1, -0.05) is 39.5 Å². The van der Waals surface area contributed by atoms with Crippen molar-refractivity contribution in [1.29, 1.82) is 0 Å². The molecule has 0 amide bonds. The van der Waals surface area contributed by atoms with Gasteiger partial charge in [-0.15, -0.1) is 0 Å². The fraction of sp³-hybridized carbons (Fsp3) is 1.00. The quantitative estimate of drug-likeness (QED) is 0.714. The van der Waals surface area contributed by atoms with Gasteiger partial charge in [0.2, 0.25) is 0 Å². The molecule has 0 radical (unpaired) electrons. The van der Waals surface area contributed by atoms with Crippen molar-refractivity contribution >= 4 is 0 Å². The molecule has 4 nitrogen and oxygen atoms in total. The van der Waals surface area contributed by atoms with E-state index in [0.717, 1.165) is 25.7 Å². The molecule has 0 bridgehead atoms. The van der Waals surface area contributed by atoms with E-state index in [0.29, 0.717) is 12.8 Å². The van der Waals surface area contributed by atoms with E-state index >= 15 is 0 Å². The van der Waals surface area contributed by atoms with Crippen molar-refractivity contribution in [3.8, 4) is 0 Å². The van der Waals surface area contributed by atoms with Gasteiger partial charge >= 0.3 is 0 Å². The van der Waals surface area contributed by atoms with Crippen molar-refractivity contribution in [1.82, 2.24) is 0 Å². The number of rotatable bonds is 8. The van der Waals surface area contributed by atoms with Crippen LogP contribution in [0.1, 0.15) is 66.2 Å². The Labute approximate surface area is 117 Å². The molecule has 1 aliphatic heterocycles. The Bertz CT molecular complexity index is 231. The molecule has 1 heterocycles. The number of hydrogen-bond donors (Lipinski definition) is 2. The fourth-order valence-corrected chi connectivity index (χ4v) is 2.57. The molecule has 114 valence electrons. The second-order valence-electron chi connectivity index (χ2n) is 5.98. The first-order chi connectivity index (χ1) is 8.91. The van der Waals surface area contributed by atoms with Gasteiger partial charge in [0, 0.05) is 0 Å². The smallest absolute Gasteiger partial charge is 0.164 e. The third-order valence-electron chi connectivity index (χ3n) is 3.63. The van der Waals surface area contributed by atoms with Gasteiger partial charge in [0.15, 0.2) is 5.79 Å². The Kier molecular flexibility index (Phi) is 6.74. The summed E-state index contributed by atoms with van der Waals surface area (Å²) in [4.78, 5) is 0. The van der Waals surface area contributed by atoms with Crippen LogP contribution in [0.3, 0.4) is 0 Å². The third-order valence-corrected chi connectivity index (χ3v) is 3.63. The number of ether oxygens (including phenoxy) is 2. The molecule has 2 N–H and O–H groups in total. The summed E-state index contributed by atoms with van der Waals surface area (Å²) < 4.78 is 11.6. The molecular weight excluding hydrogens is 244 g/mol.